The fourth-order valence-corrected chi connectivity index (χ4v) is 2.72. The topological polar surface area (TPSA) is 17.1 Å². The predicted octanol–water partition coefficient (Wildman–Crippen LogP) is 4.44. The molecule has 14 heavy (non-hydrogen) atoms. The van der Waals surface area contributed by atoms with Crippen LogP contribution in [-0.4, -0.2) is 5.78 Å². The van der Waals surface area contributed by atoms with Crippen LogP contribution in [0, 0.1) is 12.3 Å². The molecule has 1 rings (SSSR count). The van der Waals surface area contributed by atoms with E-state index in [2.05, 4.69) is 15.9 Å². The molecule has 0 bridgehead atoms. The second kappa shape index (κ2) is 4.15. The largest absolute Gasteiger partial charge is 0.293 e. The molecule has 0 radical (unpaired) electrons. The van der Waals surface area contributed by atoms with Crippen molar-refractivity contribution in [2.45, 2.75) is 34.1 Å². The van der Waals surface area contributed by atoms with E-state index in [9.17, 15) is 4.79 Å². The molecule has 0 aromatic carbocycles. The molecule has 0 aliphatic heterocycles. The Kier molecular flexibility index (Phi) is 3.53. The smallest absolute Gasteiger partial charge is 0.178 e. The van der Waals surface area contributed by atoms with Crippen molar-refractivity contribution in [3.05, 3.63) is 20.3 Å². The van der Waals surface area contributed by atoms with Crippen molar-refractivity contribution in [3.63, 3.8) is 0 Å². The highest BCUT2D eigenvalue weighted by Gasteiger charge is 2.27. The molecule has 78 valence electrons. The van der Waals surface area contributed by atoms with Gasteiger partial charge in [-0.05, 0) is 40.9 Å². The summed E-state index contributed by atoms with van der Waals surface area (Å²) in [6, 6.07) is 1.97. The number of rotatable bonds is 3. The van der Waals surface area contributed by atoms with Crippen molar-refractivity contribution in [2.24, 2.45) is 5.41 Å². The molecular formula is C11H15BrOS. The third-order valence-electron chi connectivity index (χ3n) is 2.58. The minimum Gasteiger partial charge on any atom is -0.293 e. The molecule has 0 N–H and O–H groups in total. The molecule has 0 amide bonds. The van der Waals surface area contributed by atoms with Crippen molar-refractivity contribution >= 4 is 33.0 Å². The fraction of sp³-hybridized carbons (Fsp3) is 0.545. The monoisotopic (exact) mass is 274 g/mol. The molecule has 0 aliphatic carbocycles. The van der Waals surface area contributed by atoms with Gasteiger partial charge < -0.3 is 0 Å². The van der Waals surface area contributed by atoms with Gasteiger partial charge in [0, 0.05) is 5.41 Å². The normalized spacial score (nSPS) is 11.8. The standard InChI is InChI=1S/C11H15BrOS/c1-5-11(3,4)9(13)8-6-7(2)10(12)14-8/h6H,5H2,1-4H3. The summed E-state index contributed by atoms with van der Waals surface area (Å²) in [5.74, 6) is 0.249. The highest BCUT2D eigenvalue weighted by molar-refractivity contribution is 9.11. The number of carbonyl (C=O) groups is 1. The Labute approximate surface area is 97.7 Å². The van der Waals surface area contributed by atoms with Crippen molar-refractivity contribution in [1.82, 2.24) is 0 Å². The van der Waals surface area contributed by atoms with Crippen LogP contribution >= 0.6 is 27.3 Å². The summed E-state index contributed by atoms with van der Waals surface area (Å²) in [6.07, 6.45) is 0.875. The minimum atomic E-state index is -0.239. The zero-order chi connectivity index (χ0) is 10.9. The summed E-state index contributed by atoms with van der Waals surface area (Å²) >= 11 is 4.97. The first-order valence-corrected chi connectivity index (χ1v) is 6.30. The van der Waals surface area contributed by atoms with Gasteiger partial charge in [-0.3, -0.25) is 4.79 Å². The van der Waals surface area contributed by atoms with Gasteiger partial charge >= 0.3 is 0 Å². The van der Waals surface area contributed by atoms with Gasteiger partial charge in [0.25, 0.3) is 0 Å². The Hall–Kier alpha value is -0.150. The molecule has 1 aromatic heterocycles. The lowest BCUT2D eigenvalue weighted by atomic mass is 9.84. The van der Waals surface area contributed by atoms with Gasteiger partial charge in [-0.15, -0.1) is 11.3 Å². The molecule has 0 saturated carbocycles. The lowest BCUT2D eigenvalue weighted by molar-refractivity contribution is 0.0837. The van der Waals surface area contributed by atoms with Crippen LogP contribution in [0.3, 0.4) is 0 Å². The molecule has 3 heteroatoms. The molecule has 0 fully saturated rings. The Morgan fingerprint density at radius 3 is 2.50 bits per heavy atom. The number of hydrogen-bond acceptors (Lipinski definition) is 2. The summed E-state index contributed by atoms with van der Waals surface area (Å²) in [4.78, 5) is 12.9. The van der Waals surface area contributed by atoms with Crippen LogP contribution < -0.4 is 0 Å². The average Bonchev–Trinajstić information content (AvgIpc) is 2.45. The SMILES string of the molecule is CCC(C)(C)C(=O)c1cc(C)c(Br)s1. The number of carbonyl (C=O) groups excluding carboxylic acids is 1. The van der Waals surface area contributed by atoms with E-state index in [0.29, 0.717) is 0 Å². The first-order valence-electron chi connectivity index (χ1n) is 4.69. The molecule has 0 atom stereocenters. The fourth-order valence-electron chi connectivity index (χ4n) is 1.07. The first kappa shape index (κ1) is 11.9. The van der Waals surface area contributed by atoms with E-state index in [-0.39, 0.29) is 11.2 Å². The molecular weight excluding hydrogens is 260 g/mol. The van der Waals surface area contributed by atoms with Crippen LogP contribution in [0.4, 0.5) is 0 Å². The minimum absolute atomic E-state index is 0.239. The summed E-state index contributed by atoms with van der Waals surface area (Å²) in [5, 5.41) is 0. The van der Waals surface area contributed by atoms with Gasteiger partial charge in [-0.1, -0.05) is 20.8 Å². The number of hydrogen-bond donors (Lipinski definition) is 0. The first-order chi connectivity index (χ1) is 6.38. The van der Waals surface area contributed by atoms with Gasteiger partial charge in [0.05, 0.1) is 8.66 Å². The van der Waals surface area contributed by atoms with E-state index < -0.39 is 0 Å². The summed E-state index contributed by atoms with van der Waals surface area (Å²) in [7, 11) is 0. The van der Waals surface area contributed by atoms with E-state index in [0.717, 1.165) is 20.6 Å². The molecule has 0 saturated heterocycles. The maximum absolute atomic E-state index is 12.1. The van der Waals surface area contributed by atoms with E-state index >= 15 is 0 Å². The lowest BCUT2D eigenvalue weighted by Gasteiger charge is -2.19. The van der Waals surface area contributed by atoms with Crippen molar-refractivity contribution < 1.29 is 4.79 Å². The zero-order valence-corrected chi connectivity index (χ0v) is 11.4. The van der Waals surface area contributed by atoms with E-state index in [4.69, 9.17) is 0 Å². The van der Waals surface area contributed by atoms with Gasteiger partial charge in [-0.25, -0.2) is 0 Å². The van der Waals surface area contributed by atoms with Crippen LogP contribution in [-0.2, 0) is 0 Å². The van der Waals surface area contributed by atoms with Crippen molar-refractivity contribution in [2.75, 3.05) is 0 Å². The Morgan fingerprint density at radius 1 is 1.57 bits per heavy atom. The average molecular weight is 275 g/mol. The van der Waals surface area contributed by atoms with Crippen LogP contribution in [0.1, 0.15) is 42.4 Å². The van der Waals surface area contributed by atoms with Crippen LogP contribution in [0.25, 0.3) is 0 Å². The van der Waals surface area contributed by atoms with Gasteiger partial charge in [0.15, 0.2) is 5.78 Å². The van der Waals surface area contributed by atoms with E-state index in [1.807, 2.05) is 33.8 Å². The molecule has 0 unspecified atom stereocenters. The second-order valence-electron chi connectivity index (χ2n) is 4.13. The van der Waals surface area contributed by atoms with E-state index in [1.165, 1.54) is 11.3 Å². The molecule has 1 aromatic rings. The highest BCUT2D eigenvalue weighted by Crippen LogP contribution is 2.33. The molecule has 1 heterocycles. The second-order valence-corrected chi connectivity index (χ2v) is 6.50. The summed E-state index contributed by atoms with van der Waals surface area (Å²) in [5.41, 5.74) is 0.904. The van der Waals surface area contributed by atoms with Crippen LogP contribution in [0.5, 0.6) is 0 Å². The van der Waals surface area contributed by atoms with E-state index in [1.54, 1.807) is 0 Å². The third kappa shape index (κ3) is 2.26. The Balaban J connectivity index is 3.01. The van der Waals surface area contributed by atoms with Crippen LogP contribution in [0.15, 0.2) is 9.85 Å². The Morgan fingerprint density at radius 2 is 2.14 bits per heavy atom. The lowest BCUT2D eigenvalue weighted by Crippen LogP contribution is -2.22. The van der Waals surface area contributed by atoms with Gasteiger partial charge in [-0.2, -0.15) is 0 Å². The third-order valence-corrected chi connectivity index (χ3v) is 4.71. The highest BCUT2D eigenvalue weighted by atomic mass is 79.9. The molecule has 0 spiro atoms. The number of Topliss-reactive ketones (excluding diaryl/α,β-unsaturated/α-hetero) is 1. The maximum atomic E-state index is 12.1. The zero-order valence-electron chi connectivity index (χ0n) is 8.98. The molecule has 1 nitrogen and oxygen atoms in total. The number of thiophene rings is 1. The van der Waals surface area contributed by atoms with Crippen molar-refractivity contribution in [3.8, 4) is 0 Å². The Bertz CT molecular complexity index is 333. The number of aryl methyl sites for hydroxylation is 1. The molecule has 0 aliphatic rings. The van der Waals surface area contributed by atoms with Gasteiger partial charge in [0.1, 0.15) is 0 Å². The van der Waals surface area contributed by atoms with Crippen LogP contribution in [0.2, 0.25) is 0 Å². The number of ketones is 1. The predicted molar refractivity (Wildman–Crippen MR) is 65.2 cm³/mol. The van der Waals surface area contributed by atoms with Crippen molar-refractivity contribution in [1.29, 1.82) is 0 Å². The number of halogens is 1. The summed E-state index contributed by atoms with van der Waals surface area (Å²) in [6.45, 7) is 8.06. The quantitative estimate of drug-likeness (QED) is 0.745. The summed E-state index contributed by atoms with van der Waals surface area (Å²) < 4.78 is 1.06. The van der Waals surface area contributed by atoms with Gasteiger partial charge in [0.2, 0.25) is 0 Å². The maximum Gasteiger partial charge on any atom is 0.178 e.